The Balaban J connectivity index is 2.14. The van der Waals surface area contributed by atoms with Crippen LogP contribution in [0.15, 0.2) is 42.5 Å². The van der Waals surface area contributed by atoms with Gasteiger partial charge in [-0.15, -0.1) is 0 Å². The first kappa shape index (κ1) is 14.5. The van der Waals surface area contributed by atoms with Crippen LogP contribution in [-0.4, -0.2) is 35.0 Å². The van der Waals surface area contributed by atoms with Gasteiger partial charge in [-0.3, -0.25) is 10.1 Å². The number of rotatable bonds is 5. The van der Waals surface area contributed by atoms with Gasteiger partial charge in [0.1, 0.15) is 0 Å². The van der Waals surface area contributed by atoms with Crippen LogP contribution in [0.4, 0.5) is 5.69 Å². The van der Waals surface area contributed by atoms with E-state index in [-0.39, 0.29) is 10.6 Å². The normalized spacial score (nSPS) is 11.6. The molecule has 0 atom stereocenters. The molecule has 0 amide bonds. The summed E-state index contributed by atoms with van der Waals surface area (Å²) in [6.07, 6.45) is 1.04. The quantitative estimate of drug-likeness (QED) is 0.533. The number of hydrogen-bond donors (Lipinski definition) is 0. The molecule has 3 rings (SSSR count). The zero-order valence-electron chi connectivity index (χ0n) is 12.8. The number of nitro groups is 1. The van der Waals surface area contributed by atoms with E-state index >= 15 is 0 Å². The summed E-state index contributed by atoms with van der Waals surface area (Å²) in [6.45, 7) is 1.92. The number of hydrogen-bond acceptors (Lipinski definition) is 3. The number of non-ortho nitro benzene ring substituents is 1. The van der Waals surface area contributed by atoms with Gasteiger partial charge >= 0.3 is 0 Å². The van der Waals surface area contributed by atoms with Crippen LogP contribution in [0.3, 0.4) is 0 Å². The Labute approximate surface area is 128 Å². The van der Waals surface area contributed by atoms with Crippen LogP contribution in [0.2, 0.25) is 0 Å². The van der Waals surface area contributed by atoms with Crippen LogP contribution < -0.4 is 0 Å². The molecule has 0 radical (unpaired) electrons. The van der Waals surface area contributed by atoms with E-state index in [1.807, 2.05) is 24.3 Å². The van der Waals surface area contributed by atoms with Gasteiger partial charge < -0.3 is 9.47 Å². The molecule has 5 heteroatoms. The summed E-state index contributed by atoms with van der Waals surface area (Å²) in [4.78, 5) is 12.9. The molecule has 1 aromatic heterocycles. The summed E-state index contributed by atoms with van der Waals surface area (Å²) in [6, 6.07) is 13.2. The molecular formula is C17H19N3O2. The Morgan fingerprint density at radius 3 is 2.55 bits per heavy atom. The monoisotopic (exact) mass is 297 g/mol. The molecule has 0 unspecified atom stereocenters. The van der Waals surface area contributed by atoms with Crippen molar-refractivity contribution in [2.75, 3.05) is 20.6 Å². The molecule has 22 heavy (non-hydrogen) atoms. The second-order valence-corrected chi connectivity index (χ2v) is 5.78. The topological polar surface area (TPSA) is 51.3 Å². The van der Waals surface area contributed by atoms with Gasteiger partial charge in [-0.1, -0.05) is 18.2 Å². The summed E-state index contributed by atoms with van der Waals surface area (Å²) in [5.74, 6) is 0. The second kappa shape index (κ2) is 5.77. The van der Waals surface area contributed by atoms with Crippen LogP contribution in [0.25, 0.3) is 21.8 Å². The Hall–Kier alpha value is -2.40. The van der Waals surface area contributed by atoms with Crippen molar-refractivity contribution in [2.45, 2.75) is 13.0 Å². The van der Waals surface area contributed by atoms with Gasteiger partial charge in [-0.05, 0) is 39.2 Å². The summed E-state index contributed by atoms with van der Waals surface area (Å²) >= 11 is 0. The number of benzene rings is 2. The standard InChI is InChI=1S/C17H19N3O2/c1-18(2)10-5-11-19-16-7-4-3-6-14(16)15-12-13(20(21)22)8-9-17(15)19/h3-4,6-9,12H,5,10-11H2,1-2H3. The molecule has 0 aliphatic heterocycles. The van der Waals surface area contributed by atoms with Crippen molar-refractivity contribution in [1.82, 2.24) is 9.47 Å². The molecular weight excluding hydrogens is 278 g/mol. The van der Waals surface area contributed by atoms with Crippen molar-refractivity contribution in [1.29, 1.82) is 0 Å². The highest BCUT2D eigenvalue weighted by Gasteiger charge is 2.14. The molecule has 2 aromatic carbocycles. The molecule has 0 aliphatic rings. The van der Waals surface area contributed by atoms with Crippen molar-refractivity contribution in [2.24, 2.45) is 0 Å². The Morgan fingerprint density at radius 2 is 1.82 bits per heavy atom. The third-order valence-corrected chi connectivity index (χ3v) is 3.95. The van der Waals surface area contributed by atoms with Crippen LogP contribution in [-0.2, 0) is 6.54 Å². The molecule has 0 saturated carbocycles. The second-order valence-electron chi connectivity index (χ2n) is 5.78. The zero-order chi connectivity index (χ0) is 15.7. The van der Waals surface area contributed by atoms with Gasteiger partial charge in [0.15, 0.2) is 0 Å². The maximum atomic E-state index is 11.0. The first-order chi connectivity index (χ1) is 10.6. The van der Waals surface area contributed by atoms with E-state index in [1.54, 1.807) is 12.1 Å². The lowest BCUT2D eigenvalue weighted by molar-refractivity contribution is -0.384. The lowest BCUT2D eigenvalue weighted by Gasteiger charge is -2.11. The van der Waals surface area contributed by atoms with Crippen LogP contribution in [0, 0.1) is 10.1 Å². The average Bonchev–Trinajstić information content (AvgIpc) is 2.81. The lowest BCUT2D eigenvalue weighted by atomic mass is 10.1. The van der Waals surface area contributed by atoms with Crippen LogP contribution in [0.1, 0.15) is 6.42 Å². The summed E-state index contributed by atoms with van der Waals surface area (Å²) < 4.78 is 2.26. The maximum absolute atomic E-state index is 11.0. The molecule has 3 aromatic rings. The van der Waals surface area contributed by atoms with Crippen LogP contribution >= 0.6 is 0 Å². The molecule has 0 saturated heterocycles. The average molecular weight is 297 g/mol. The van der Waals surface area contributed by atoms with E-state index in [0.717, 1.165) is 41.3 Å². The Kier molecular flexibility index (Phi) is 3.81. The number of aryl methyl sites for hydroxylation is 1. The van der Waals surface area contributed by atoms with E-state index in [1.165, 1.54) is 0 Å². The summed E-state index contributed by atoms with van der Waals surface area (Å²) in [7, 11) is 4.13. The highest BCUT2D eigenvalue weighted by Crippen LogP contribution is 2.31. The van der Waals surface area contributed by atoms with E-state index in [2.05, 4.69) is 29.6 Å². The minimum atomic E-state index is -0.336. The van der Waals surface area contributed by atoms with E-state index < -0.39 is 0 Å². The molecule has 0 bridgehead atoms. The van der Waals surface area contributed by atoms with Gasteiger partial charge in [-0.2, -0.15) is 0 Å². The van der Waals surface area contributed by atoms with Gasteiger partial charge in [0.05, 0.1) is 4.92 Å². The third kappa shape index (κ3) is 2.55. The van der Waals surface area contributed by atoms with E-state index in [0.29, 0.717) is 0 Å². The first-order valence-electron chi connectivity index (χ1n) is 7.38. The molecule has 5 nitrogen and oxygen atoms in total. The molecule has 0 fully saturated rings. The fraction of sp³-hybridized carbons (Fsp3) is 0.294. The first-order valence-corrected chi connectivity index (χ1v) is 7.38. The predicted molar refractivity (Wildman–Crippen MR) is 89.3 cm³/mol. The minimum absolute atomic E-state index is 0.142. The largest absolute Gasteiger partial charge is 0.340 e. The fourth-order valence-electron chi connectivity index (χ4n) is 2.94. The fourth-order valence-corrected chi connectivity index (χ4v) is 2.94. The summed E-state index contributed by atoms with van der Waals surface area (Å²) in [5, 5.41) is 13.1. The van der Waals surface area contributed by atoms with Gasteiger partial charge in [0, 0.05) is 40.5 Å². The summed E-state index contributed by atoms with van der Waals surface area (Å²) in [5.41, 5.74) is 2.34. The highest BCUT2D eigenvalue weighted by atomic mass is 16.6. The number of nitro benzene ring substituents is 1. The Bertz CT molecular complexity index is 836. The number of aromatic nitrogens is 1. The Morgan fingerprint density at radius 1 is 1.09 bits per heavy atom. The number of para-hydroxylation sites is 1. The third-order valence-electron chi connectivity index (χ3n) is 3.95. The molecule has 114 valence electrons. The van der Waals surface area contributed by atoms with E-state index in [4.69, 9.17) is 0 Å². The lowest BCUT2D eigenvalue weighted by Crippen LogP contribution is -2.15. The van der Waals surface area contributed by atoms with Gasteiger partial charge in [-0.25, -0.2) is 0 Å². The van der Waals surface area contributed by atoms with Crippen molar-refractivity contribution in [3.05, 3.63) is 52.6 Å². The predicted octanol–water partition coefficient (Wildman–Crippen LogP) is 3.65. The van der Waals surface area contributed by atoms with Crippen molar-refractivity contribution in [3.8, 4) is 0 Å². The number of fused-ring (bicyclic) bond motifs is 3. The van der Waals surface area contributed by atoms with Gasteiger partial charge in [0.25, 0.3) is 5.69 Å². The molecule has 1 heterocycles. The SMILES string of the molecule is CN(C)CCCn1c2ccccc2c2cc([N+](=O)[O-])ccc21. The minimum Gasteiger partial charge on any atom is -0.340 e. The van der Waals surface area contributed by atoms with Crippen molar-refractivity contribution < 1.29 is 4.92 Å². The van der Waals surface area contributed by atoms with Crippen molar-refractivity contribution >= 4 is 27.5 Å². The molecule has 0 N–H and O–H groups in total. The van der Waals surface area contributed by atoms with Crippen LogP contribution in [0.5, 0.6) is 0 Å². The smallest absolute Gasteiger partial charge is 0.270 e. The van der Waals surface area contributed by atoms with E-state index in [9.17, 15) is 10.1 Å². The highest BCUT2D eigenvalue weighted by molar-refractivity contribution is 6.08. The van der Waals surface area contributed by atoms with Crippen molar-refractivity contribution in [3.63, 3.8) is 0 Å². The van der Waals surface area contributed by atoms with Gasteiger partial charge in [0.2, 0.25) is 0 Å². The molecule has 0 spiro atoms. The molecule has 0 aliphatic carbocycles. The zero-order valence-corrected chi connectivity index (χ0v) is 12.8. The maximum Gasteiger partial charge on any atom is 0.270 e. The number of nitrogens with zero attached hydrogens (tertiary/aromatic N) is 3.